The van der Waals surface area contributed by atoms with Crippen LogP contribution in [0.4, 0.5) is 13.2 Å². The van der Waals surface area contributed by atoms with Gasteiger partial charge in [-0.15, -0.1) is 0 Å². The Hall–Kier alpha value is -3.57. The number of benzene rings is 3. The van der Waals surface area contributed by atoms with Crippen LogP contribution in [-0.2, 0) is 12.8 Å². The summed E-state index contributed by atoms with van der Waals surface area (Å²) in [6, 6.07) is 18.1. The van der Waals surface area contributed by atoms with Gasteiger partial charge < -0.3 is 9.72 Å². The van der Waals surface area contributed by atoms with E-state index in [1.807, 2.05) is 37.3 Å². The molecule has 1 N–H and O–H groups in total. The van der Waals surface area contributed by atoms with E-state index < -0.39 is 11.7 Å². The lowest BCUT2D eigenvalue weighted by molar-refractivity contribution is -0.137. The summed E-state index contributed by atoms with van der Waals surface area (Å²) in [6.45, 7) is 2.18. The molecule has 0 aliphatic carbocycles. The van der Waals surface area contributed by atoms with Gasteiger partial charge in [0.05, 0.1) is 29.1 Å². The number of aromatic amines is 1. The van der Waals surface area contributed by atoms with Gasteiger partial charge in [-0.05, 0) is 55.0 Å². The second-order valence-corrected chi connectivity index (χ2v) is 8.32. The molecule has 0 saturated carbocycles. The Labute approximate surface area is 196 Å². The molecule has 0 atom stereocenters. The molecule has 0 unspecified atom stereocenters. The monoisotopic (exact) mass is 511 g/mol. The van der Waals surface area contributed by atoms with Crippen LogP contribution >= 0.6 is 15.9 Å². The fraction of sp³-hybridized carbons (Fsp3) is 0.120. The predicted molar refractivity (Wildman–Crippen MR) is 122 cm³/mol. The average Bonchev–Trinajstić information content (AvgIpc) is 3.28. The molecule has 0 radical (unpaired) electrons. The number of hydrogen-bond donors (Lipinski definition) is 1. The molecule has 1 aromatic heterocycles. The van der Waals surface area contributed by atoms with Crippen molar-refractivity contribution in [2.45, 2.75) is 19.7 Å². The first kappa shape index (κ1) is 22.6. The molecule has 33 heavy (non-hydrogen) atoms. The molecular weight excluding hydrogens is 495 g/mol. The number of aromatic nitrogens is 2. The molecule has 0 bridgehead atoms. The van der Waals surface area contributed by atoms with Crippen molar-refractivity contribution in [3.8, 4) is 34.5 Å². The number of halogens is 4. The molecule has 4 aromatic rings. The number of ether oxygens (including phenoxy) is 1. The maximum atomic E-state index is 12.8. The highest BCUT2D eigenvalue weighted by molar-refractivity contribution is 9.10. The van der Waals surface area contributed by atoms with Gasteiger partial charge in [0.1, 0.15) is 18.2 Å². The summed E-state index contributed by atoms with van der Waals surface area (Å²) in [5.41, 5.74) is 3.70. The van der Waals surface area contributed by atoms with Crippen molar-refractivity contribution < 1.29 is 17.9 Å². The fourth-order valence-corrected chi connectivity index (χ4v) is 3.71. The van der Waals surface area contributed by atoms with Gasteiger partial charge >= 0.3 is 6.18 Å². The zero-order valence-corrected chi connectivity index (χ0v) is 19.0. The van der Waals surface area contributed by atoms with Crippen LogP contribution in [0.25, 0.3) is 22.6 Å². The van der Waals surface area contributed by atoms with Crippen molar-refractivity contribution in [2.24, 2.45) is 0 Å². The Kier molecular flexibility index (Phi) is 6.25. The van der Waals surface area contributed by atoms with Crippen LogP contribution in [0.2, 0.25) is 0 Å². The molecule has 8 heteroatoms. The molecule has 0 aliphatic heterocycles. The highest BCUT2D eigenvalue weighted by Gasteiger charge is 2.30. The van der Waals surface area contributed by atoms with E-state index in [0.717, 1.165) is 39.0 Å². The van der Waals surface area contributed by atoms with E-state index in [1.165, 1.54) is 12.1 Å². The van der Waals surface area contributed by atoms with Crippen LogP contribution in [0.3, 0.4) is 0 Å². The van der Waals surface area contributed by atoms with E-state index in [-0.39, 0.29) is 6.61 Å². The van der Waals surface area contributed by atoms with E-state index in [9.17, 15) is 18.4 Å². The zero-order chi connectivity index (χ0) is 23.6. The summed E-state index contributed by atoms with van der Waals surface area (Å²) >= 11 is 3.36. The normalized spacial score (nSPS) is 11.3. The minimum Gasteiger partial charge on any atom is -0.489 e. The van der Waals surface area contributed by atoms with Gasteiger partial charge in [0.25, 0.3) is 0 Å². The minimum absolute atomic E-state index is 0.262. The van der Waals surface area contributed by atoms with Gasteiger partial charge in [0, 0.05) is 21.2 Å². The van der Waals surface area contributed by atoms with Gasteiger partial charge in [0.15, 0.2) is 0 Å². The van der Waals surface area contributed by atoms with Crippen LogP contribution in [0.1, 0.15) is 22.3 Å². The number of nitrogens with one attached hydrogen (secondary N) is 1. The van der Waals surface area contributed by atoms with Gasteiger partial charge in [-0.25, -0.2) is 4.98 Å². The highest BCUT2D eigenvalue weighted by atomic mass is 79.9. The van der Waals surface area contributed by atoms with E-state index in [2.05, 4.69) is 32.0 Å². The number of aryl methyl sites for hydroxylation is 1. The zero-order valence-electron chi connectivity index (χ0n) is 17.4. The molecule has 0 aliphatic rings. The molecule has 3 aromatic carbocycles. The summed E-state index contributed by atoms with van der Waals surface area (Å²) < 4.78 is 45.1. The maximum Gasteiger partial charge on any atom is 0.416 e. The standard InChI is InChI=1S/C25H17BrF3N3O/c1-15-10-17(5-9-23(15)33-14-18-4-8-21(26)11-19(18)12-30)22-13-31-24(32-22)16-2-6-20(7-3-16)25(27,28)29/h2-11,13H,14H2,1H3,(H,31,32). The van der Waals surface area contributed by atoms with Crippen molar-refractivity contribution in [3.05, 3.63) is 93.6 Å². The van der Waals surface area contributed by atoms with Gasteiger partial charge in [-0.1, -0.05) is 34.1 Å². The average molecular weight is 512 g/mol. The van der Waals surface area contributed by atoms with Crippen LogP contribution in [0.5, 0.6) is 5.75 Å². The Morgan fingerprint density at radius 3 is 2.42 bits per heavy atom. The summed E-state index contributed by atoms with van der Waals surface area (Å²) in [5.74, 6) is 1.17. The minimum atomic E-state index is -4.37. The number of nitrogens with zero attached hydrogens (tertiary/aromatic N) is 2. The first-order valence-electron chi connectivity index (χ1n) is 9.89. The van der Waals surface area contributed by atoms with E-state index in [4.69, 9.17) is 4.74 Å². The highest BCUT2D eigenvalue weighted by Crippen LogP contribution is 2.31. The maximum absolute atomic E-state index is 12.8. The predicted octanol–water partition coefficient (Wildman–Crippen LogP) is 7.28. The molecule has 0 amide bonds. The number of hydrogen-bond acceptors (Lipinski definition) is 3. The SMILES string of the molecule is Cc1cc(-c2cnc(-c3ccc(C(F)(F)F)cc3)[nH]2)ccc1OCc1ccc(Br)cc1C#N. The van der Waals surface area contributed by atoms with Crippen molar-refractivity contribution in [2.75, 3.05) is 0 Å². The molecule has 0 saturated heterocycles. The van der Waals surface area contributed by atoms with Gasteiger partial charge in [-0.2, -0.15) is 18.4 Å². The fourth-order valence-electron chi connectivity index (χ4n) is 3.34. The molecule has 4 rings (SSSR count). The lowest BCUT2D eigenvalue weighted by atomic mass is 10.1. The molecule has 1 heterocycles. The second kappa shape index (κ2) is 9.12. The number of imidazole rings is 1. The van der Waals surface area contributed by atoms with Crippen LogP contribution in [0.15, 0.2) is 71.3 Å². The molecule has 4 nitrogen and oxygen atoms in total. The largest absolute Gasteiger partial charge is 0.489 e. The lowest BCUT2D eigenvalue weighted by Crippen LogP contribution is -2.04. The summed E-state index contributed by atoms with van der Waals surface area (Å²) in [4.78, 5) is 7.46. The Bertz CT molecular complexity index is 1340. The quantitative estimate of drug-likeness (QED) is 0.306. The first-order chi connectivity index (χ1) is 15.7. The third-order valence-corrected chi connectivity index (χ3v) is 5.62. The van der Waals surface area contributed by atoms with Gasteiger partial charge in [-0.3, -0.25) is 0 Å². The third kappa shape index (κ3) is 5.10. The summed E-state index contributed by atoms with van der Waals surface area (Å²) in [6.07, 6.45) is -2.73. The summed E-state index contributed by atoms with van der Waals surface area (Å²) in [7, 11) is 0. The summed E-state index contributed by atoms with van der Waals surface area (Å²) in [5, 5.41) is 9.30. The number of rotatable bonds is 5. The number of nitriles is 1. The van der Waals surface area contributed by atoms with Crippen molar-refractivity contribution in [3.63, 3.8) is 0 Å². The van der Waals surface area contributed by atoms with Crippen LogP contribution < -0.4 is 4.74 Å². The Morgan fingerprint density at radius 2 is 1.76 bits per heavy atom. The van der Waals surface area contributed by atoms with Crippen LogP contribution in [-0.4, -0.2) is 9.97 Å². The number of H-pyrrole nitrogens is 1. The van der Waals surface area contributed by atoms with Crippen molar-refractivity contribution >= 4 is 15.9 Å². The first-order valence-corrected chi connectivity index (χ1v) is 10.7. The third-order valence-electron chi connectivity index (χ3n) is 5.12. The van der Waals surface area contributed by atoms with Crippen molar-refractivity contribution in [1.82, 2.24) is 9.97 Å². The van der Waals surface area contributed by atoms with E-state index >= 15 is 0 Å². The topological polar surface area (TPSA) is 61.7 Å². The molecular formula is C25H17BrF3N3O. The lowest BCUT2D eigenvalue weighted by Gasteiger charge is -2.11. The molecule has 166 valence electrons. The molecule has 0 spiro atoms. The number of alkyl halides is 3. The van der Waals surface area contributed by atoms with Crippen molar-refractivity contribution in [1.29, 1.82) is 5.26 Å². The van der Waals surface area contributed by atoms with E-state index in [0.29, 0.717) is 22.7 Å². The smallest absolute Gasteiger partial charge is 0.416 e. The van der Waals surface area contributed by atoms with Crippen LogP contribution in [0, 0.1) is 18.3 Å². The van der Waals surface area contributed by atoms with E-state index in [1.54, 1.807) is 12.3 Å². The van der Waals surface area contributed by atoms with Gasteiger partial charge in [0.2, 0.25) is 0 Å². The second-order valence-electron chi connectivity index (χ2n) is 7.40. The molecule has 0 fully saturated rings. The Balaban J connectivity index is 1.50. The Morgan fingerprint density at radius 1 is 1.03 bits per heavy atom.